The van der Waals surface area contributed by atoms with Crippen LogP contribution < -0.4 is 16.8 Å². The molecule has 15 heavy (non-hydrogen) atoms. The summed E-state index contributed by atoms with van der Waals surface area (Å²) in [6.07, 6.45) is 2.10. The molecule has 0 saturated carbocycles. The van der Waals surface area contributed by atoms with Gasteiger partial charge in [-0.1, -0.05) is 0 Å². The van der Waals surface area contributed by atoms with Gasteiger partial charge in [0.25, 0.3) is 0 Å². The van der Waals surface area contributed by atoms with Crippen LogP contribution in [0.25, 0.3) is 0 Å². The third-order valence-electron chi connectivity index (χ3n) is 1.95. The molecule has 88 valence electrons. The highest BCUT2D eigenvalue weighted by molar-refractivity contribution is 5.85. The van der Waals surface area contributed by atoms with Crippen LogP contribution in [0.2, 0.25) is 0 Å². The molecular formula is C9H19N3O3. The molecule has 6 heteroatoms. The predicted octanol–water partition coefficient (Wildman–Crippen LogP) is -1.27. The number of methoxy groups -OCH3 is 1. The number of unbranched alkanes of at least 4 members (excludes halogenated alkanes) is 1. The summed E-state index contributed by atoms with van der Waals surface area (Å²) >= 11 is 0. The zero-order valence-electron chi connectivity index (χ0n) is 8.99. The van der Waals surface area contributed by atoms with Gasteiger partial charge in [-0.15, -0.1) is 0 Å². The Morgan fingerprint density at radius 2 is 2.00 bits per heavy atom. The molecule has 5 N–H and O–H groups in total. The van der Waals surface area contributed by atoms with Crippen LogP contribution in [0.1, 0.15) is 19.3 Å². The number of rotatable bonds is 7. The molecule has 0 aromatic rings. The van der Waals surface area contributed by atoms with E-state index in [1.807, 2.05) is 0 Å². The van der Waals surface area contributed by atoms with Gasteiger partial charge in [-0.25, -0.2) is 4.79 Å². The molecule has 0 aromatic heterocycles. The maximum atomic E-state index is 11.2. The summed E-state index contributed by atoms with van der Waals surface area (Å²) in [7, 11) is 1.28. The van der Waals surface area contributed by atoms with Crippen LogP contribution in [0, 0.1) is 0 Å². The van der Waals surface area contributed by atoms with E-state index in [1.54, 1.807) is 0 Å². The SMILES string of the molecule is COC(=O)[C@H](CCCCN)NC(=O)CN. The molecule has 0 heterocycles. The summed E-state index contributed by atoms with van der Waals surface area (Å²) in [6.45, 7) is 0.434. The average molecular weight is 217 g/mol. The smallest absolute Gasteiger partial charge is 0.328 e. The molecule has 6 nitrogen and oxygen atoms in total. The first-order chi connectivity index (χ1) is 7.15. The number of amides is 1. The normalized spacial score (nSPS) is 11.9. The van der Waals surface area contributed by atoms with E-state index in [2.05, 4.69) is 10.1 Å². The first kappa shape index (κ1) is 13.9. The Morgan fingerprint density at radius 1 is 1.33 bits per heavy atom. The fraction of sp³-hybridized carbons (Fsp3) is 0.778. The number of ether oxygens (including phenoxy) is 1. The molecule has 0 saturated heterocycles. The number of hydrogen-bond acceptors (Lipinski definition) is 5. The van der Waals surface area contributed by atoms with Gasteiger partial charge < -0.3 is 21.5 Å². The largest absolute Gasteiger partial charge is 0.467 e. The highest BCUT2D eigenvalue weighted by Crippen LogP contribution is 2.02. The third-order valence-corrected chi connectivity index (χ3v) is 1.95. The predicted molar refractivity (Wildman–Crippen MR) is 55.9 cm³/mol. The van der Waals surface area contributed by atoms with Crippen LogP contribution in [-0.2, 0) is 14.3 Å². The van der Waals surface area contributed by atoms with Gasteiger partial charge in [0, 0.05) is 0 Å². The van der Waals surface area contributed by atoms with E-state index in [0.29, 0.717) is 13.0 Å². The lowest BCUT2D eigenvalue weighted by Crippen LogP contribution is -2.44. The van der Waals surface area contributed by atoms with Crippen LogP contribution in [0.5, 0.6) is 0 Å². The molecule has 0 unspecified atom stereocenters. The van der Waals surface area contributed by atoms with Crippen molar-refractivity contribution >= 4 is 11.9 Å². The highest BCUT2D eigenvalue weighted by Gasteiger charge is 2.19. The lowest BCUT2D eigenvalue weighted by Gasteiger charge is -2.15. The number of hydrogen-bond donors (Lipinski definition) is 3. The number of nitrogens with one attached hydrogen (secondary N) is 1. The monoisotopic (exact) mass is 217 g/mol. The Balaban J connectivity index is 4.06. The van der Waals surface area contributed by atoms with Crippen molar-refractivity contribution in [1.29, 1.82) is 0 Å². The minimum absolute atomic E-state index is 0.135. The fourth-order valence-corrected chi connectivity index (χ4v) is 1.14. The molecule has 0 bridgehead atoms. The van der Waals surface area contributed by atoms with Gasteiger partial charge >= 0.3 is 5.97 Å². The van der Waals surface area contributed by atoms with Crippen LogP contribution in [0.15, 0.2) is 0 Å². The average Bonchev–Trinajstić information content (AvgIpc) is 2.26. The summed E-state index contributed by atoms with van der Waals surface area (Å²) < 4.78 is 4.56. The maximum Gasteiger partial charge on any atom is 0.328 e. The van der Waals surface area contributed by atoms with Crippen molar-refractivity contribution in [1.82, 2.24) is 5.32 Å². The zero-order valence-corrected chi connectivity index (χ0v) is 8.99. The van der Waals surface area contributed by atoms with Crippen molar-refractivity contribution in [2.45, 2.75) is 25.3 Å². The van der Waals surface area contributed by atoms with Gasteiger partial charge in [0.05, 0.1) is 13.7 Å². The Morgan fingerprint density at radius 3 is 2.47 bits per heavy atom. The summed E-state index contributed by atoms with van der Waals surface area (Å²) in [5.41, 5.74) is 10.5. The van der Waals surface area contributed by atoms with E-state index in [9.17, 15) is 9.59 Å². The molecular weight excluding hydrogens is 198 g/mol. The number of esters is 1. The van der Waals surface area contributed by atoms with Crippen molar-refractivity contribution in [2.24, 2.45) is 11.5 Å². The topological polar surface area (TPSA) is 107 Å². The molecule has 0 aromatic carbocycles. The molecule has 0 fully saturated rings. The van der Waals surface area contributed by atoms with Gasteiger partial charge in [0.1, 0.15) is 6.04 Å². The quantitative estimate of drug-likeness (QED) is 0.364. The highest BCUT2D eigenvalue weighted by atomic mass is 16.5. The van der Waals surface area contributed by atoms with Gasteiger partial charge in [-0.05, 0) is 25.8 Å². The molecule has 0 aliphatic heterocycles. The minimum atomic E-state index is -0.613. The van der Waals surface area contributed by atoms with E-state index in [1.165, 1.54) is 7.11 Å². The number of nitrogens with two attached hydrogens (primary N) is 2. The van der Waals surface area contributed by atoms with E-state index in [-0.39, 0.29) is 12.5 Å². The fourth-order valence-electron chi connectivity index (χ4n) is 1.14. The van der Waals surface area contributed by atoms with Crippen molar-refractivity contribution < 1.29 is 14.3 Å². The van der Waals surface area contributed by atoms with Gasteiger partial charge in [-0.2, -0.15) is 0 Å². The van der Waals surface area contributed by atoms with Crippen molar-refractivity contribution in [3.8, 4) is 0 Å². The van der Waals surface area contributed by atoms with Gasteiger partial charge in [-0.3, -0.25) is 4.79 Å². The van der Waals surface area contributed by atoms with Gasteiger partial charge in [0.15, 0.2) is 0 Å². The van der Waals surface area contributed by atoms with Crippen molar-refractivity contribution in [3.63, 3.8) is 0 Å². The molecule has 0 spiro atoms. The summed E-state index contributed by atoms with van der Waals surface area (Å²) in [5, 5.41) is 2.50. The van der Waals surface area contributed by atoms with Crippen molar-refractivity contribution in [3.05, 3.63) is 0 Å². The molecule has 0 radical (unpaired) electrons. The lowest BCUT2D eigenvalue weighted by atomic mass is 10.1. The lowest BCUT2D eigenvalue weighted by molar-refractivity contribution is -0.145. The Labute approximate surface area is 89.3 Å². The number of carbonyl (C=O) groups is 2. The molecule has 0 aliphatic carbocycles. The zero-order chi connectivity index (χ0) is 11.7. The van der Waals surface area contributed by atoms with E-state index in [0.717, 1.165) is 12.8 Å². The van der Waals surface area contributed by atoms with E-state index < -0.39 is 12.0 Å². The molecule has 0 rings (SSSR count). The molecule has 0 aliphatic rings. The maximum absolute atomic E-state index is 11.2. The summed E-state index contributed by atoms with van der Waals surface area (Å²) in [5.74, 6) is -0.813. The van der Waals surface area contributed by atoms with Gasteiger partial charge in [0.2, 0.25) is 5.91 Å². The summed E-state index contributed by atoms with van der Waals surface area (Å²) in [4.78, 5) is 22.3. The Kier molecular flexibility index (Phi) is 7.57. The van der Waals surface area contributed by atoms with Crippen LogP contribution in [0.3, 0.4) is 0 Å². The number of carbonyl (C=O) groups excluding carboxylic acids is 2. The second kappa shape index (κ2) is 8.19. The third kappa shape index (κ3) is 6.03. The Hall–Kier alpha value is -1.14. The second-order valence-electron chi connectivity index (χ2n) is 3.13. The molecule has 1 amide bonds. The van der Waals surface area contributed by atoms with E-state index in [4.69, 9.17) is 11.5 Å². The first-order valence-electron chi connectivity index (χ1n) is 4.93. The standard InChI is InChI=1S/C9H19N3O3/c1-15-9(14)7(4-2-3-5-10)12-8(13)6-11/h7H,2-6,10-11H2,1H3,(H,12,13)/t7-/m0/s1. The summed E-state index contributed by atoms with van der Waals surface area (Å²) in [6, 6.07) is -0.613. The molecule has 1 atom stereocenters. The van der Waals surface area contributed by atoms with Crippen LogP contribution in [-0.4, -0.2) is 38.1 Å². The van der Waals surface area contributed by atoms with Crippen LogP contribution in [0.4, 0.5) is 0 Å². The Bertz CT molecular complexity index is 209. The van der Waals surface area contributed by atoms with Crippen molar-refractivity contribution in [2.75, 3.05) is 20.2 Å². The van der Waals surface area contributed by atoms with E-state index >= 15 is 0 Å². The minimum Gasteiger partial charge on any atom is -0.467 e. The second-order valence-corrected chi connectivity index (χ2v) is 3.13. The van der Waals surface area contributed by atoms with Crippen LogP contribution >= 0.6 is 0 Å². The first-order valence-corrected chi connectivity index (χ1v) is 4.93.